The first-order valence-corrected chi connectivity index (χ1v) is 10.7. The van der Waals surface area contributed by atoms with Crippen LogP contribution in [0.3, 0.4) is 0 Å². The van der Waals surface area contributed by atoms with Crippen molar-refractivity contribution in [3.05, 3.63) is 89.7 Å². The number of benzene rings is 2. The Kier molecular flexibility index (Phi) is 8.41. The molecule has 0 aliphatic rings. The highest BCUT2D eigenvalue weighted by atomic mass is 16.5. The first-order valence-electron chi connectivity index (χ1n) is 10.7. The summed E-state index contributed by atoms with van der Waals surface area (Å²) in [5.74, 6) is 0.767. The molecule has 2 amide bonds. The number of carbonyl (C=O) groups excluding carboxylic acids is 2. The third-order valence-corrected chi connectivity index (χ3v) is 5.36. The molecule has 0 fully saturated rings. The second kappa shape index (κ2) is 11.7. The number of amides is 2. The van der Waals surface area contributed by atoms with Gasteiger partial charge in [-0.3, -0.25) is 14.6 Å². The van der Waals surface area contributed by atoms with E-state index in [-0.39, 0.29) is 18.2 Å². The van der Waals surface area contributed by atoms with Crippen LogP contribution in [0.2, 0.25) is 0 Å². The predicted octanol–water partition coefficient (Wildman–Crippen LogP) is 3.38. The van der Waals surface area contributed by atoms with Crippen LogP contribution >= 0.6 is 0 Å². The van der Waals surface area contributed by atoms with Crippen LogP contribution in [0, 0.1) is 0 Å². The van der Waals surface area contributed by atoms with E-state index >= 15 is 0 Å². The number of pyridine rings is 1. The molecular formula is C26H29N3O4. The molecule has 1 N–H and O–H groups in total. The second-order valence-electron chi connectivity index (χ2n) is 7.63. The van der Waals surface area contributed by atoms with Crippen molar-refractivity contribution in [2.24, 2.45) is 0 Å². The molecule has 0 radical (unpaired) electrons. The Bertz CT molecular complexity index is 1060. The highest BCUT2D eigenvalue weighted by Gasteiger charge is 2.26. The molecular weight excluding hydrogens is 418 g/mol. The molecule has 7 nitrogen and oxygen atoms in total. The zero-order valence-electron chi connectivity index (χ0n) is 19.2. The van der Waals surface area contributed by atoms with Gasteiger partial charge in [-0.15, -0.1) is 0 Å². The van der Waals surface area contributed by atoms with Crippen molar-refractivity contribution in [2.45, 2.75) is 32.5 Å². The first-order chi connectivity index (χ1) is 16.0. The van der Waals surface area contributed by atoms with Crippen LogP contribution < -0.4 is 14.8 Å². The van der Waals surface area contributed by atoms with Crippen molar-refractivity contribution in [3.63, 3.8) is 0 Å². The average Bonchev–Trinajstić information content (AvgIpc) is 2.86. The highest BCUT2D eigenvalue weighted by molar-refractivity contribution is 5.88. The summed E-state index contributed by atoms with van der Waals surface area (Å²) in [6.07, 6.45) is 3.52. The van der Waals surface area contributed by atoms with Gasteiger partial charge >= 0.3 is 0 Å². The van der Waals surface area contributed by atoms with Crippen LogP contribution in [-0.4, -0.2) is 42.0 Å². The SMILES string of the molecule is COc1ccc(CC(=O)N(Cc2ccccc2)[C@@H](C)C(=O)NCc2cccnc2)cc1OC. The molecule has 7 heteroatoms. The number of ether oxygens (including phenoxy) is 2. The molecule has 0 aliphatic heterocycles. The van der Waals surface area contributed by atoms with Crippen LogP contribution in [0.15, 0.2) is 73.1 Å². The van der Waals surface area contributed by atoms with Crippen molar-refractivity contribution in [1.29, 1.82) is 0 Å². The van der Waals surface area contributed by atoms with Crippen molar-refractivity contribution in [1.82, 2.24) is 15.2 Å². The number of aromatic nitrogens is 1. The molecule has 2 aromatic carbocycles. The summed E-state index contributed by atoms with van der Waals surface area (Å²) in [6, 6.07) is 18.1. The Hall–Kier alpha value is -3.87. The first kappa shape index (κ1) is 23.8. The van der Waals surface area contributed by atoms with Crippen molar-refractivity contribution < 1.29 is 19.1 Å². The van der Waals surface area contributed by atoms with Crippen molar-refractivity contribution in [2.75, 3.05) is 14.2 Å². The van der Waals surface area contributed by atoms with E-state index in [0.717, 1.165) is 16.7 Å². The average molecular weight is 448 g/mol. The quantitative estimate of drug-likeness (QED) is 0.515. The minimum atomic E-state index is -0.658. The number of hydrogen-bond acceptors (Lipinski definition) is 5. The van der Waals surface area contributed by atoms with E-state index in [9.17, 15) is 9.59 Å². The van der Waals surface area contributed by atoms with Gasteiger partial charge in [-0.1, -0.05) is 42.5 Å². The number of methoxy groups -OCH3 is 2. The van der Waals surface area contributed by atoms with Gasteiger partial charge in [0.05, 0.1) is 20.6 Å². The lowest BCUT2D eigenvalue weighted by molar-refractivity contribution is -0.140. The summed E-state index contributed by atoms with van der Waals surface area (Å²) in [4.78, 5) is 31.9. The fourth-order valence-electron chi connectivity index (χ4n) is 3.47. The molecule has 0 saturated heterocycles. The largest absolute Gasteiger partial charge is 0.493 e. The lowest BCUT2D eigenvalue weighted by Crippen LogP contribution is -2.48. The molecule has 3 rings (SSSR count). The molecule has 1 aromatic heterocycles. The van der Waals surface area contributed by atoms with Crippen LogP contribution in [-0.2, 0) is 29.1 Å². The molecule has 1 heterocycles. The molecule has 1 atom stereocenters. The lowest BCUT2D eigenvalue weighted by Gasteiger charge is -2.29. The van der Waals surface area contributed by atoms with E-state index in [0.29, 0.717) is 24.6 Å². The topological polar surface area (TPSA) is 80.8 Å². The Labute approximate surface area is 194 Å². The van der Waals surface area contributed by atoms with Gasteiger partial charge in [0.2, 0.25) is 11.8 Å². The normalized spacial score (nSPS) is 11.4. The minimum Gasteiger partial charge on any atom is -0.493 e. The molecule has 0 aliphatic carbocycles. The van der Waals surface area contributed by atoms with E-state index in [4.69, 9.17) is 9.47 Å². The molecule has 33 heavy (non-hydrogen) atoms. The zero-order valence-corrected chi connectivity index (χ0v) is 19.2. The van der Waals surface area contributed by atoms with Crippen molar-refractivity contribution in [3.8, 4) is 11.5 Å². The number of rotatable bonds is 10. The smallest absolute Gasteiger partial charge is 0.242 e. The predicted molar refractivity (Wildman–Crippen MR) is 126 cm³/mol. The highest BCUT2D eigenvalue weighted by Crippen LogP contribution is 2.28. The van der Waals surface area contributed by atoms with Gasteiger partial charge in [-0.2, -0.15) is 0 Å². The Morgan fingerprint density at radius 2 is 1.67 bits per heavy atom. The van der Waals surface area contributed by atoms with Gasteiger partial charge in [0, 0.05) is 25.5 Å². The summed E-state index contributed by atoms with van der Waals surface area (Å²) in [5.41, 5.74) is 2.62. The second-order valence-corrected chi connectivity index (χ2v) is 7.63. The van der Waals surface area contributed by atoms with E-state index in [1.54, 1.807) is 50.6 Å². The maximum atomic E-state index is 13.4. The Morgan fingerprint density at radius 3 is 2.33 bits per heavy atom. The van der Waals surface area contributed by atoms with Crippen molar-refractivity contribution >= 4 is 11.8 Å². The third-order valence-electron chi connectivity index (χ3n) is 5.36. The Morgan fingerprint density at radius 1 is 0.939 bits per heavy atom. The zero-order chi connectivity index (χ0) is 23.6. The molecule has 0 unspecified atom stereocenters. The number of nitrogens with zero attached hydrogens (tertiary/aromatic N) is 2. The number of nitrogens with one attached hydrogen (secondary N) is 1. The van der Waals surface area contributed by atoms with Gasteiger partial charge in [0.1, 0.15) is 6.04 Å². The fraction of sp³-hybridized carbons (Fsp3) is 0.269. The van der Waals surface area contributed by atoms with E-state index in [1.807, 2.05) is 48.5 Å². The van der Waals surface area contributed by atoms with Gasteiger partial charge in [-0.05, 0) is 41.8 Å². The van der Waals surface area contributed by atoms with Crippen LogP contribution in [0.4, 0.5) is 0 Å². The Balaban J connectivity index is 1.76. The van der Waals surface area contributed by atoms with Crippen LogP contribution in [0.1, 0.15) is 23.6 Å². The summed E-state index contributed by atoms with van der Waals surface area (Å²) in [7, 11) is 3.12. The summed E-state index contributed by atoms with van der Waals surface area (Å²) in [6.45, 7) is 2.42. The van der Waals surface area contributed by atoms with Gasteiger partial charge in [0.15, 0.2) is 11.5 Å². The van der Waals surface area contributed by atoms with E-state index in [1.165, 1.54) is 0 Å². The molecule has 0 spiro atoms. The van der Waals surface area contributed by atoms with E-state index < -0.39 is 6.04 Å². The van der Waals surface area contributed by atoms with Gasteiger partial charge in [0.25, 0.3) is 0 Å². The van der Waals surface area contributed by atoms with Crippen LogP contribution in [0.25, 0.3) is 0 Å². The maximum Gasteiger partial charge on any atom is 0.242 e. The van der Waals surface area contributed by atoms with Crippen LogP contribution in [0.5, 0.6) is 11.5 Å². The lowest BCUT2D eigenvalue weighted by atomic mass is 10.1. The monoisotopic (exact) mass is 447 g/mol. The fourth-order valence-corrected chi connectivity index (χ4v) is 3.47. The van der Waals surface area contributed by atoms with E-state index in [2.05, 4.69) is 10.3 Å². The third kappa shape index (κ3) is 6.55. The number of hydrogen-bond donors (Lipinski definition) is 1. The standard InChI is InChI=1S/C26H29N3O4/c1-19(26(31)28-17-22-10-7-13-27-16-22)29(18-20-8-5-4-6-9-20)25(30)15-21-11-12-23(32-2)24(14-21)33-3/h4-14,16,19H,15,17-18H2,1-3H3,(H,28,31)/t19-/m0/s1. The van der Waals surface area contributed by atoms with Gasteiger partial charge in [-0.25, -0.2) is 0 Å². The molecule has 0 saturated carbocycles. The molecule has 3 aromatic rings. The summed E-state index contributed by atoms with van der Waals surface area (Å²) in [5, 5.41) is 2.91. The van der Waals surface area contributed by atoms with Gasteiger partial charge < -0.3 is 19.7 Å². The summed E-state index contributed by atoms with van der Waals surface area (Å²) >= 11 is 0. The molecule has 172 valence electrons. The maximum absolute atomic E-state index is 13.4. The molecule has 0 bridgehead atoms. The summed E-state index contributed by atoms with van der Waals surface area (Å²) < 4.78 is 10.6. The number of carbonyl (C=O) groups is 2. The minimum absolute atomic E-state index is 0.132.